The Labute approximate surface area is 336 Å². The van der Waals surface area contributed by atoms with E-state index >= 15 is 0 Å². The number of thiazole rings is 2. The summed E-state index contributed by atoms with van der Waals surface area (Å²) in [6.45, 7) is 7.71. The Hall–Kier alpha value is -4.90. The summed E-state index contributed by atoms with van der Waals surface area (Å²) in [4.78, 5) is 65.7. The number of aliphatic hydroxyl groups excluding tert-OH is 2. The molecule has 0 fully saturated rings. The van der Waals surface area contributed by atoms with Crippen LogP contribution in [0, 0.1) is 11.8 Å². The molecule has 6 amide bonds. The molecule has 0 aliphatic carbocycles. The summed E-state index contributed by atoms with van der Waals surface area (Å²) in [6, 6.07) is 13.4. The van der Waals surface area contributed by atoms with Crippen LogP contribution in [0.1, 0.15) is 50.2 Å². The highest BCUT2D eigenvalue weighted by Gasteiger charge is 2.38. The van der Waals surface area contributed by atoms with Crippen LogP contribution in [0.3, 0.4) is 0 Å². The SMILES string of the molecule is CC(C)C(NC(=O)N(C)Cc1cscn1)C(=O)N[C@@H](Cc1ccccc1)[C@H](O)[C@@H](O)[C@H](Cc1ccccc1)NC(=O)C(NC(=O)N(C)Cc1cscn1)C(C)C. The third-order valence-electron chi connectivity index (χ3n) is 9.34. The van der Waals surface area contributed by atoms with E-state index in [-0.39, 0.29) is 37.8 Å². The van der Waals surface area contributed by atoms with Crippen molar-refractivity contribution in [1.82, 2.24) is 41.0 Å². The second-order valence-corrected chi connectivity index (χ2v) is 16.0. The van der Waals surface area contributed by atoms with Crippen molar-refractivity contribution in [2.24, 2.45) is 11.8 Å². The van der Waals surface area contributed by atoms with Crippen LogP contribution < -0.4 is 21.3 Å². The number of hydrogen-bond acceptors (Lipinski definition) is 10. The molecule has 56 heavy (non-hydrogen) atoms. The summed E-state index contributed by atoms with van der Waals surface area (Å²) in [5.74, 6) is -1.76. The van der Waals surface area contributed by atoms with Gasteiger partial charge in [-0.15, -0.1) is 22.7 Å². The maximum atomic E-state index is 14.0. The van der Waals surface area contributed by atoms with Gasteiger partial charge in [0.25, 0.3) is 0 Å². The van der Waals surface area contributed by atoms with Gasteiger partial charge in [0.2, 0.25) is 11.8 Å². The highest BCUT2D eigenvalue weighted by atomic mass is 32.1. The minimum absolute atomic E-state index is 0.134. The summed E-state index contributed by atoms with van der Waals surface area (Å²) < 4.78 is 0. The molecule has 2 heterocycles. The van der Waals surface area contributed by atoms with E-state index in [2.05, 4.69) is 31.2 Å². The van der Waals surface area contributed by atoms with Crippen LogP contribution in [0.4, 0.5) is 9.59 Å². The Morgan fingerprint density at radius 1 is 0.607 bits per heavy atom. The second-order valence-electron chi connectivity index (χ2n) is 14.6. The molecular weight excluding hydrogens is 753 g/mol. The number of aliphatic hydroxyl groups is 2. The van der Waals surface area contributed by atoms with Crippen molar-refractivity contribution in [3.05, 3.63) is 105 Å². The van der Waals surface area contributed by atoms with Crippen molar-refractivity contribution in [3.63, 3.8) is 0 Å². The molecule has 0 bridgehead atoms. The van der Waals surface area contributed by atoms with Crippen molar-refractivity contribution < 1.29 is 29.4 Å². The number of benzene rings is 2. The largest absolute Gasteiger partial charge is 0.388 e. The maximum absolute atomic E-state index is 14.0. The molecule has 4 aromatic rings. The molecule has 2 aromatic heterocycles. The molecule has 4 rings (SSSR count). The smallest absolute Gasteiger partial charge is 0.318 e. The normalized spacial score (nSPS) is 14.5. The van der Waals surface area contributed by atoms with Crippen molar-refractivity contribution in [3.8, 4) is 0 Å². The fourth-order valence-corrected chi connectivity index (χ4v) is 7.19. The Morgan fingerprint density at radius 2 is 0.964 bits per heavy atom. The van der Waals surface area contributed by atoms with Crippen molar-refractivity contribution >= 4 is 46.6 Å². The van der Waals surface area contributed by atoms with E-state index < -0.39 is 60.3 Å². The van der Waals surface area contributed by atoms with Gasteiger partial charge in [0.15, 0.2) is 0 Å². The summed E-state index contributed by atoms with van der Waals surface area (Å²) in [5.41, 5.74) is 6.36. The van der Waals surface area contributed by atoms with E-state index in [9.17, 15) is 29.4 Å². The van der Waals surface area contributed by atoms with Gasteiger partial charge in [0.05, 0.1) is 47.6 Å². The van der Waals surface area contributed by atoms with Crippen LogP contribution in [0.5, 0.6) is 0 Å². The van der Waals surface area contributed by atoms with Gasteiger partial charge in [-0.05, 0) is 35.8 Å². The summed E-state index contributed by atoms with van der Waals surface area (Å²) in [5, 5.41) is 39.1. The fraction of sp³-hybridized carbons (Fsp3) is 0.450. The lowest BCUT2D eigenvalue weighted by Gasteiger charge is -2.35. The molecular formula is C40H54N8O6S2. The Bertz CT molecular complexity index is 1670. The first-order valence-electron chi connectivity index (χ1n) is 18.6. The molecule has 0 saturated carbocycles. The van der Waals surface area contributed by atoms with E-state index in [1.54, 1.807) is 52.8 Å². The van der Waals surface area contributed by atoms with Gasteiger partial charge in [-0.25, -0.2) is 19.6 Å². The average Bonchev–Trinajstić information content (AvgIpc) is 3.90. The van der Waals surface area contributed by atoms with Gasteiger partial charge in [-0.2, -0.15) is 0 Å². The van der Waals surface area contributed by atoms with E-state index in [1.807, 2.05) is 71.4 Å². The molecule has 6 N–H and O–H groups in total. The average molecular weight is 807 g/mol. The van der Waals surface area contributed by atoms with Crippen LogP contribution >= 0.6 is 22.7 Å². The second kappa shape index (κ2) is 21.4. The number of carbonyl (C=O) groups is 4. The lowest BCUT2D eigenvalue weighted by atomic mass is 9.90. The van der Waals surface area contributed by atoms with Gasteiger partial charge < -0.3 is 41.3 Å². The van der Waals surface area contributed by atoms with Crippen LogP contribution in [-0.2, 0) is 35.5 Å². The van der Waals surface area contributed by atoms with E-state index in [4.69, 9.17) is 0 Å². The highest BCUT2D eigenvalue weighted by molar-refractivity contribution is 7.07. The quantitative estimate of drug-likeness (QED) is 0.0826. The van der Waals surface area contributed by atoms with Gasteiger partial charge >= 0.3 is 12.1 Å². The number of carbonyl (C=O) groups excluding carboxylic acids is 4. The number of urea groups is 2. The minimum atomic E-state index is -1.58. The fourth-order valence-electron chi connectivity index (χ4n) is 6.09. The Balaban J connectivity index is 1.56. The standard InChI is InChI=1S/C40H54N8O6S2/c1-25(2)33(45-39(53)47(5)19-29-21-55-23-41-29)37(51)43-31(17-27-13-9-7-10-14-27)35(49)36(50)32(18-28-15-11-8-12-16-28)44-38(52)34(26(3)4)46-40(54)48(6)20-30-22-56-24-42-30/h7-16,21-26,31-36,49-50H,17-20H2,1-6H3,(H,43,51)(H,44,52)(H,45,53)(H,46,54)/t31-,32-,33?,34?,35-,36-/m0/s1. The van der Waals surface area contributed by atoms with Crippen molar-refractivity contribution in [2.45, 2.75) is 90.0 Å². The molecule has 14 nitrogen and oxygen atoms in total. The Morgan fingerprint density at radius 3 is 1.27 bits per heavy atom. The molecule has 0 aliphatic heterocycles. The first kappa shape index (κ1) is 43.8. The van der Waals surface area contributed by atoms with Crippen LogP contribution in [0.15, 0.2) is 82.4 Å². The number of nitrogens with one attached hydrogen (secondary N) is 4. The van der Waals surface area contributed by atoms with Crippen molar-refractivity contribution in [2.75, 3.05) is 14.1 Å². The first-order valence-corrected chi connectivity index (χ1v) is 20.4. The molecule has 0 radical (unpaired) electrons. The lowest BCUT2D eigenvalue weighted by Crippen LogP contribution is -2.62. The molecule has 302 valence electrons. The number of aromatic nitrogens is 2. The van der Waals surface area contributed by atoms with Gasteiger partial charge in [0, 0.05) is 24.9 Å². The van der Waals surface area contributed by atoms with Crippen LogP contribution in [0.2, 0.25) is 0 Å². The molecule has 6 atom stereocenters. The molecule has 0 aliphatic rings. The van der Waals surface area contributed by atoms with E-state index in [1.165, 1.54) is 32.5 Å². The maximum Gasteiger partial charge on any atom is 0.318 e. The van der Waals surface area contributed by atoms with Gasteiger partial charge in [0.1, 0.15) is 24.3 Å². The zero-order chi connectivity index (χ0) is 40.8. The zero-order valence-corrected chi connectivity index (χ0v) is 34.3. The number of rotatable bonds is 19. The summed E-state index contributed by atoms with van der Waals surface area (Å²) >= 11 is 2.84. The predicted octanol–water partition coefficient (Wildman–Crippen LogP) is 3.81. The topological polar surface area (TPSA) is 189 Å². The predicted molar refractivity (Wildman–Crippen MR) is 218 cm³/mol. The third-order valence-corrected chi connectivity index (χ3v) is 10.6. The van der Waals surface area contributed by atoms with E-state index in [0.29, 0.717) is 0 Å². The van der Waals surface area contributed by atoms with Gasteiger partial charge in [-0.3, -0.25) is 9.59 Å². The number of hydrogen-bond donors (Lipinski definition) is 6. The molecule has 2 unspecified atom stereocenters. The third kappa shape index (κ3) is 13.1. The van der Waals surface area contributed by atoms with Crippen LogP contribution in [-0.4, -0.2) is 104 Å². The summed E-state index contributed by atoms with van der Waals surface area (Å²) in [7, 11) is 3.22. The molecule has 16 heteroatoms. The molecule has 2 aromatic carbocycles. The first-order chi connectivity index (χ1) is 26.7. The minimum Gasteiger partial charge on any atom is -0.388 e. The lowest BCUT2D eigenvalue weighted by molar-refractivity contribution is -0.129. The van der Waals surface area contributed by atoms with Gasteiger partial charge in [-0.1, -0.05) is 88.4 Å². The molecule has 0 spiro atoms. The van der Waals surface area contributed by atoms with Crippen molar-refractivity contribution in [1.29, 1.82) is 0 Å². The number of nitrogens with zero attached hydrogens (tertiary/aromatic N) is 4. The Kier molecular flexibility index (Phi) is 16.8. The van der Waals surface area contributed by atoms with E-state index in [0.717, 1.165) is 22.5 Å². The summed E-state index contributed by atoms with van der Waals surface area (Å²) in [6.07, 6.45) is -2.90. The monoisotopic (exact) mass is 806 g/mol. The zero-order valence-electron chi connectivity index (χ0n) is 32.7. The number of amides is 6. The van der Waals surface area contributed by atoms with Crippen LogP contribution in [0.25, 0.3) is 0 Å². The molecule has 0 saturated heterocycles. The highest BCUT2D eigenvalue weighted by Crippen LogP contribution is 2.17.